The molecule has 0 N–H and O–H groups in total. The maximum Gasteiger partial charge on any atom is 0.0839 e. The van der Waals surface area contributed by atoms with Crippen LogP contribution in [0.15, 0.2) is 24.3 Å². The van der Waals surface area contributed by atoms with E-state index in [1.807, 2.05) is 18.2 Å². The lowest BCUT2D eigenvalue weighted by Crippen LogP contribution is -1.91. The monoisotopic (exact) mass is 192 g/mol. The molecule has 0 fully saturated rings. The Bertz CT molecular complexity index is 328. The van der Waals surface area contributed by atoms with Crippen LogP contribution < -0.4 is 0 Å². The zero-order chi connectivity index (χ0) is 9.68. The fourth-order valence-electron chi connectivity index (χ4n) is 1.24. The lowest BCUT2D eigenvalue weighted by atomic mass is 9.98. The minimum absolute atomic E-state index is 0.395. The molecular formula is C12H13Cl. The molecule has 0 spiro atoms. The Labute approximate surface area is 84.9 Å². The first-order valence-corrected chi connectivity index (χ1v) is 4.93. The summed E-state index contributed by atoms with van der Waals surface area (Å²) in [5, 5.41) is 0. The van der Waals surface area contributed by atoms with Gasteiger partial charge in [-0.25, -0.2) is 0 Å². The number of alkyl halides is 1. The van der Waals surface area contributed by atoms with Gasteiger partial charge in [0.25, 0.3) is 0 Å². The van der Waals surface area contributed by atoms with Crippen molar-refractivity contribution < 1.29 is 0 Å². The zero-order valence-corrected chi connectivity index (χ0v) is 8.73. The summed E-state index contributed by atoms with van der Waals surface area (Å²) in [5.74, 6) is 6.85. The van der Waals surface area contributed by atoms with E-state index in [2.05, 4.69) is 31.8 Å². The molecular weight excluding hydrogens is 180 g/mol. The van der Waals surface area contributed by atoms with Gasteiger partial charge in [0.05, 0.1) is 5.88 Å². The average molecular weight is 193 g/mol. The summed E-state index contributed by atoms with van der Waals surface area (Å²) < 4.78 is 0. The van der Waals surface area contributed by atoms with Gasteiger partial charge in [-0.2, -0.15) is 0 Å². The summed E-state index contributed by atoms with van der Waals surface area (Å²) in [6.45, 7) is 4.34. The van der Waals surface area contributed by atoms with Crippen LogP contribution in [0.2, 0.25) is 0 Å². The standard InChI is InChI=1S/C12H13Cl/c1-10(2)12-8-4-3-6-11(12)7-5-9-13/h3-4,6,8,10H,9H2,1-2H3. The van der Waals surface area contributed by atoms with Gasteiger partial charge in [-0.3, -0.25) is 0 Å². The minimum atomic E-state index is 0.395. The van der Waals surface area contributed by atoms with Gasteiger partial charge in [-0.05, 0) is 17.5 Å². The topological polar surface area (TPSA) is 0 Å². The third-order valence-corrected chi connectivity index (χ3v) is 2.01. The molecule has 1 aromatic rings. The highest BCUT2D eigenvalue weighted by Crippen LogP contribution is 2.17. The van der Waals surface area contributed by atoms with Crippen LogP contribution in [0.25, 0.3) is 0 Å². The summed E-state index contributed by atoms with van der Waals surface area (Å²) in [7, 11) is 0. The van der Waals surface area contributed by atoms with Gasteiger partial charge in [0.1, 0.15) is 0 Å². The third-order valence-electron chi connectivity index (χ3n) is 1.87. The second kappa shape index (κ2) is 4.94. The van der Waals surface area contributed by atoms with Crippen molar-refractivity contribution in [2.45, 2.75) is 19.8 Å². The van der Waals surface area contributed by atoms with Crippen LogP contribution in [0.5, 0.6) is 0 Å². The van der Waals surface area contributed by atoms with E-state index in [9.17, 15) is 0 Å². The molecule has 1 rings (SSSR count). The summed E-state index contributed by atoms with van der Waals surface area (Å²) in [5.41, 5.74) is 2.39. The molecule has 0 aromatic heterocycles. The van der Waals surface area contributed by atoms with Crippen molar-refractivity contribution in [2.75, 3.05) is 5.88 Å². The van der Waals surface area contributed by atoms with Crippen molar-refractivity contribution in [2.24, 2.45) is 0 Å². The molecule has 0 aliphatic heterocycles. The van der Waals surface area contributed by atoms with Crippen LogP contribution in [-0.4, -0.2) is 5.88 Å². The Balaban J connectivity index is 3.05. The van der Waals surface area contributed by atoms with Crippen LogP contribution in [0.3, 0.4) is 0 Å². The molecule has 0 aliphatic rings. The van der Waals surface area contributed by atoms with Gasteiger partial charge in [0, 0.05) is 5.56 Å². The quantitative estimate of drug-likeness (QED) is 0.473. The molecule has 0 heterocycles. The highest BCUT2D eigenvalue weighted by Gasteiger charge is 2.02. The van der Waals surface area contributed by atoms with Gasteiger partial charge in [0.2, 0.25) is 0 Å². The molecule has 0 radical (unpaired) electrons. The van der Waals surface area contributed by atoms with Crippen molar-refractivity contribution in [3.05, 3.63) is 35.4 Å². The van der Waals surface area contributed by atoms with E-state index in [1.54, 1.807) is 0 Å². The van der Waals surface area contributed by atoms with Gasteiger partial charge in [-0.1, -0.05) is 43.9 Å². The lowest BCUT2D eigenvalue weighted by molar-refractivity contribution is 0.863. The van der Waals surface area contributed by atoms with Crippen molar-refractivity contribution in [3.63, 3.8) is 0 Å². The largest absolute Gasteiger partial charge is 0.113 e. The fraction of sp³-hybridized carbons (Fsp3) is 0.333. The molecule has 0 amide bonds. The maximum atomic E-state index is 5.51. The molecule has 0 bridgehead atoms. The summed E-state index contributed by atoms with van der Waals surface area (Å²) in [4.78, 5) is 0. The van der Waals surface area contributed by atoms with Gasteiger partial charge >= 0.3 is 0 Å². The van der Waals surface area contributed by atoms with E-state index in [4.69, 9.17) is 11.6 Å². The molecule has 1 aromatic carbocycles. The summed E-state index contributed by atoms with van der Waals surface area (Å²) >= 11 is 5.51. The van der Waals surface area contributed by atoms with Gasteiger partial charge in [0.15, 0.2) is 0 Å². The van der Waals surface area contributed by atoms with Crippen molar-refractivity contribution in [3.8, 4) is 11.8 Å². The Morgan fingerprint density at radius 1 is 1.31 bits per heavy atom. The number of benzene rings is 1. The molecule has 0 aliphatic carbocycles. The van der Waals surface area contributed by atoms with Crippen LogP contribution in [0, 0.1) is 11.8 Å². The smallest absolute Gasteiger partial charge is 0.0839 e. The van der Waals surface area contributed by atoms with Gasteiger partial charge in [-0.15, -0.1) is 11.6 Å². The van der Waals surface area contributed by atoms with Crippen LogP contribution in [-0.2, 0) is 0 Å². The second-order valence-corrected chi connectivity index (χ2v) is 3.44. The van der Waals surface area contributed by atoms with Crippen LogP contribution in [0.4, 0.5) is 0 Å². The Morgan fingerprint density at radius 3 is 2.62 bits per heavy atom. The normalized spacial score (nSPS) is 9.54. The van der Waals surface area contributed by atoms with E-state index in [-0.39, 0.29) is 0 Å². The van der Waals surface area contributed by atoms with Gasteiger partial charge < -0.3 is 0 Å². The first-order chi connectivity index (χ1) is 6.25. The second-order valence-electron chi connectivity index (χ2n) is 3.18. The molecule has 68 valence electrons. The van der Waals surface area contributed by atoms with E-state index < -0.39 is 0 Å². The Morgan fingerprint density at radius 2 is 2.00 bits per heavy atom. The number of rotatable bonds is 1. The van der Waals surface area contributed by atoms with E-state index >= 15 is 0 Å². The molecule has 13 heavy (non-hydrogen) atoms. The highest BCUT2D eigenvalue weighted by molar-refractivity contribution is 6.19. The molecule has 0 atom stereocenters. The lowest BCUT2D eigenvalue weighted by Gasteiger charge is -2.06. The molecule has 0 nitrogen and oxygen atoms in total. The maximum absolute atomic E-state index is 5.51. The summed E-state index contributed by atoms with van der Waals surface area (Å²) in [6, 6.07) is 8.20. The fourth-order valence-corrected chi connectivity index (χ4v) is 1.31. The number of hydrogen-bond donors (Lipinski definition) is 0. The predicted octanol–water partition coefficient (Wildman–Crippen LogP) is 3.40. The van der Waals surface area contributed by atoms with E-state index in [1.165, 1.54) is 5.56 Å². The van der Waals surface area contributed by atoms with Crippen molar-refractivity contribution in [1.29, 1.82) is 0 Å². The molecule has 0 unspecified atom stereocenters. The first kappa shape index (κ1) is 10.2. The summed E-state index contributed by atoms with van der Waals surface area (Å²) in [6.07, 6.45) is 0. The number of hydrogen-bond acceptors (Lipinski definition) is 0. The molecule has 0 saturated heterocycles. The first-order valence-electron chi connectivity index (χ1n) is 4.39. The SMILES string of the molecule is CC(C)c1ccccc1C#CCCl. The van der Waals surface area contributed by atoms with E-state index in [0.29, 0.717) is 11.8 Å². The average Bonchev–Trinajstić information content (AvgIpc) is 2.15. The highest BCUT2D eigenvalue weighted by atomic mass is 35.5. The Kier molecular flexibility index (Phi) is 3.86. The third kappa shape index (κ3) is 2.79. The molecule has 0 saturated carbocycles. The van der Waals surface area contributed by atoms with Crippen molar-refractivity contribution in [1.82, 2.24) is 0 Å². The zero-order valence-electron chi connectivity index (χ0n) is 7.97. The minimum Gasteiger partial charge on any atom is -0.113 e. The van der Waals surface area contributed by atoms with Crippen LogP contribution in [0.1, 0.15) is 30.9 Å². The molecule has 1 heteroatoms. The number of halogens is 1. The Hall–Kier alpha value is -0.930. The van der Waals surface area contributed by atoms with Crippen molar-refractivity contribution >= 4 is 11.6 Å². The predicted molar refractivity (Wildman–Crippen MR) is 58.1 cm³/mol. The van der Waals surface area contributed by atoms with Crippen LogP contribution >= 0.6 is 11.6 Å². The van der Waals surface area contributed by atoms with E-state index in [0.717, 1.165) is 5.56 Å².